The molecule has 0 bridgehead atoms. The first-order valence-electron chi connectivity index (χ1n) is 20.3. The molecule has 3 aliphatic rings. The van der Waals surface area contributed by atoms with Crippen LogP contribution in [-0.4, -0.2) is 64.9 Å². The molecule has 2 aliphatic heterocycles. The van der Waals surface area contributed by atoms with E-state index < -0.39 is 5.97 Å². The molecule has 0 amide bonds. The number of aromatic carboxylic acids is 1. The molecule has 282 valence electrons. The van der Waals surface area contributed by atoms with Crippen molar-refractivity contribution in [2.45, 2.75) is 70.8 Å². The lowest BCUT2D eigenvalue weighted by atomic mass is 9.81. The lowest BCUT2D eigenvalue weighted by molar-refractivity contribution is 0.0697. The Kier molecular flexibility index (Phi) is 10.0. The van der Waals surface area contributed by atoms with Gasteiger partial charge in [-0.3, -0.25) is 0 Å². The summed E-state index contributed by atoms with van der Waals surface area (Å²) in [6.07, 6.45) is 9.91. The molecular weight excluding hydrogens is 704 g/mol. The van der Waals surface area contributed by atoms with E-state index in [2.05, 4.69) is 69.0 Å². The van der Waals surface area contributed by atoms with E-state index in [-0.39, 0.29) is 0 Å². The minimum absolute atomic E-state index is 0.344. The summed E-state index contributed by atoms with van der Waals surface area (Å²) in [4.78, 5) is 22.9. The maximum Gasteiger partial charge on any atom is 0.335 e. The summed E-state index contributed by atoms with van der Waals surface area (Å²) in [5, 5.41) is 13.1. The molecule has 4 aromatic carbocycles. The Morgan fingerprint density at radius 3 is 2.33 bits per heavy atom. The van der Waals surface area contributed by atoms with Gasteiger partial charge in [-0.25, -0.2) is 9.78 Å². The molecule has 1 saturated heterocycles. The van der Waals surface area contributed by atoms with Crippen molar-refractivity contribution < 1.29 is 14.6 Å². The number of carboxylic acid groups (broad SMARTS) is 1. The molecule has 9 rings (SSSR count). The second-order valence-electron chi connectivity index (χ2n) is 15.5. The second kappa shape index (κ2) is 15.4. The molecule has 1 saturated carbocycles. The number of nitrogens with zero attached hydrogens (tertiary/aromatic N) is 4. The number of benzene rings is 4. The summed E-state index contributed by atoms with van der Waals surface area (Å²) in [5.41, 5.74) is 11.5. The summed E-state index contributed by atoms with van der Waals surface area (Å²) < 4.78 is 8.45. The van der Waals surface area contributed by atoms with Crippen molar-refractivity contribution in [1.29, 1.82) is 0 Å². The predicted octanol–water partition coefficient (Wildman–Crippen LogP) is 11.3. The van der Waals surface area contributed by atoms with Crippen LogP contribution in [0.15, 0.2) is 84.9 Å². The summed E-state index contributed by atoms with van der Waals surface area (Å²) >= 11 is 6.30. The third-order valence-corrected chi connectivity index (χ3v) is 12.5. The third-order valence-electron chi connectivity index (χ3n) is 12.2. The zero-order valence-corrected chi connectivity index (χ0v) is 32.5. The average Bonchev–Trinajstić information content (AvgIpc) is 3.45. The quantitative estimate of drug-likeness (QED) is 0.159. The molecule has 0 spiro atoms. The van der Waals surface area contributed by atoms with Gasteiger partial charge in [0.25, 0.3) is 0 Å². The number of carbonyl (C=O) groups is 1. The van der Waals surface area contributed by atoms with E-state index in [4.69, 9.17) is 21.3 Å². The molecule has 2 fully saturated rings. The third kappa shape index (κ3) is 6.87. The molecule has 0 atom stereocenters. The number of piperidine rings is 1. The maximum atomic E-state index is 12.3. The highest BCUT2D eigenvalue weighted by Crippen LogP contribution is 2.49. The lowest BCUT2D eigenvalue weighted by Gasteiger charge is -2.32. The minimum Gasteiger partial charge on any atom is -0.494 e. The molecule has 1 N–H and O–H groups in total. The maximum absolute atomic E-state index is 12.3. The standard InChI is InChI=1S/C47H49ClN4O3/c1-2-55-35-16-18-36(31-11-14-34(48)15-12-31)40(30-35)42-21-19-37-41(49-42)22-20-39-45(37)51(26-25-50-23-7-4-8-24-50)27-28-52-43-29-33(47(53)54)13-17-38(43)44(46(39)52)32-9-5-3-6-10-32/h11-22,29-30,32H,2-10,23-28H2,1H3,(H,53,54). The Hall–Kier alpha value is -4.85. The van der Waals surface area contributed by atoms with Crippen molar-refractivity contribution in [1.82, 2.24) is 14.5 Å². The Morgan fingerprint density at radius 1 is 0.782 bits per heavy atom. The zero-order chi connectivity index (χ0) is 37.5. The van der Waals surface area contributed by atoms with Crippen molar-refractivity contribution in [3.8, 4) is 39.4 Å². The number of anilines is 1. The van der Waals surface area contributed by atoms with Gasteiger partial charge in [0.2, 0.25) is 0 Å². The van der Waals surface area contributed by atoms with Gasteiger partial charge in [0.1, 0.15) is 5.75 Å². The summed E-state index contributed by atoms with van der Waals surface area (Å²) in [7, 11) is 0. The molecule has 0 unspecified atom stereocenters. The van der Waals surface area contributed by atoms with E-state index in [1.165, 1.54) is 66.4 Å². The predicted molar refractivity (Wildman–Crippen MR) is 225 cm³/mol. The Labute approximate surface area is 328 Å². The topological polar surface area (TPSA) is 70.8 Å². The fourth-order valence-corrected chi connectivity index (χ4v) is 9.71. The number of fused-ring (bicyclic) bond motifs is 7. The van der Waals surface area contributed by atoms with E-state index in [9.17, 15) is 9.90 Å². The van der Waals surface area contributed by atoms with Crippen molar-refractivity contribution in [3.05, 3.63) is 101 Å². The van der Waals surface area contributed by atoms with Crippen LogP contribution in [0.3, 0.4) is 0 Å². The van der Waals surface area contributed by atoms with Crippen molar-refractivity contribution >= 4 is 45.1 Å². The smallest absolute Gasteiger partial charge is 0.335 e. The van der Waals surface area contributed by atoms with Crippen LogP contribution in [0.2, 0.25) is 5.02 Å². The van der Waals surface area contributed by atoms with Crippen molar-refractivity contribution in [2.24, 2.45) is 0 Å². The van der Waals surface area contributed by atoms with Gasteiger partial charge in [-0.05, 0) is 129 Å². The first-order valence-corrected chi connectivity index (χ1v) is 20.7. The highest BCUT2D eigenvalue weighted by Gasteiger charge is 2.32. The number of hydrogen-bond donors (Lipinski definition) is 1. The first-order chi connectivity index (χ1) is 27.0. The van der Waals surface area contributed by atoms with E-state index in [1.807, 2.05) is 31.2 Å². The van der Waals surface area contributed by atoms with E-state index in [1.54, 1.807) is 6.07 Å². The van der Waals surface area contributed by atoms with E-state index >= 15 is 0 Å². The van der Waals surface area contributed by atoms with Gasteiger partial charge in [0.15, 0.2) is 0 Å². The van der Waals surface area contributed by atoms with Crippen molar-refractivity contribution in [2.75, 3.05) is 44.2 Å². The molecule has 6 aromatic rings. The number of rotatable bonds is 9. The van der Waals surface area contributed by atoms with E-state index in [0.29, 0.717) is 23.1 Å². The van der Waals surface area contributed by atoms with Gasteiger partial charge in [-0.2, -0.15) is 0 Å². The van der Waals surface area contributed by atoms with Crippen molar-refractivity contribution in [3.63, 3.8) is 0 Å². The van der Waals surface area contributed by atoms with Gasteiger partial charge in [0.05, 0.1) is 34.8 Å². The SMILES string of the molecule is CCOc1ccc(-c2ccc(Cl)cc2)c(-c2ccc3c4c(ccc3n2)-c2c(C3CCCCC3)c3ccc(C(=O)O)cc3n2CCN4CCN2CCCCC2)c1. The zero-order valence-electron chi connectivity index (χ0n) is 31.7. The van der Waals surface area contributed by atoms with Gasteiger partial charge < -0.3 is 24.2 Å². The average molecular weight is 753 g/mol. The van der Waals surface area contributed by atoms with Crippen LogP contribution >= 0.6 is 11.6 Å². The van der Waals surface area contributed by atoms with Gasteiger partial charge in [-0.1, -0.05) is 61.5 Å². The van der Waals surface area contributed by atoms with E-state index in [0.717, 1.165) is 96.7 Å². The molecular formula is C47H49ClN4O3. The summed E-state index contributed by atoms with van der Waals surface area (Å²) in [5.74, 6) is 0.376. The number of ether oxygens (including phenoxy) is 1. The fourth-order valence-electron chi connectivity index (χ4n) is 9.58. The number of hydrogen-bond acceptors (Lipinski definition) is 5. The summed E-state index contributed by atoms with van der Waals surface area (Å²) in [6.45, 7) is 8.47. The van der Waals surface area contributed by atoms with Crippen LogP contribution in [0, 0.1) is 0 Å². The van der Waals surface area contributed by atoms with Crippen LogP contribution in [0.4, 0.5) is 5.69 Å². The summed E-state index contributed by atoms with van der Waals surface area (Å²) in [6, 6.07) is 29.0. The highest BCUT2D eigenvalue weighted by molar-refractivity contribution is 6.30. The Balaban J connectivity index is 1.24. The van der Waals surface area contributed by atoms with Crippen LogP contribution in [0.1, 0.15) is 80.1 Å². The normalized spacial score (nSPS) is 16.6. The fraction of sp³-hybridized carbons (Fsp3) is 0.362. The molecule has 0 radical (unpaired) electrons. The minimum atomic E-state index is -0.882. The number of aromatic nitrogens is 2. The lowest BCUT2D eigenvalue weighted by Crippen LogP contribution is -2.38. The first kappa shape index (κ1) is 35.8. The Morgan fingerprint density at radius 2 is 1.55 bits per heavy atom. The highest BCUT2D eigenvalue weighted by atomic mass is 35.5. The Bertz CT molecular complexity index is 2370. The number of halogens is 1. The largest absolute Gasteiger partial charge is 0.494 e. The monoisotopic (exact) mass is 752 g/mol. The van der Waals surface area contributed by atoms with Gasteiger partial charge in [0, 0.05) is 58.6 Å². The molecule has 7 nitrogen and oxygen atoms in total. The molecule has 55 heavy (non-hydrogen) atoms. The molecule has 1 aliphatic carbocycles. The van der Waals surface area contributed by atoms with Crippen LogP contribution in [-0.2, 0) is 6.54 Å². The number of carboxylic acids is 1. The van der Waals surface area contributed by atoms with Gasteiger partial charge >= 0.3 is 5.97 Å². The van der Waals surface area contributed by atoms with Gasteiger partial charge in [-0.15, -0.1) is 0 Å². The molecule has 2 aromatic heterocycles. The second-order valence-corrected chi connectivity index (χ2v) is 16.0. The number of pyridine rings is 1. The molecule has 4 heterocycles. The van der Waals surface area contributed by atoms with Crippen LogP contribution < -0.4 is 9.64 Å². The van der Waals surface area contributed by atoms with Crippen LogP contribution in [0.25, 0.3) is 55.4 Å². The molecule has 8 heteroatoms. The van der Waals surface area contributed by atoms with Crippen LogP contribution in [0.5, 0.6) is 5.75 Å². The number of likely N-dealkylation sites (tertiary alicyclic amines) is 1.